The van der Waals surface area contributed by atoms with E-state index in [1.807, 2.05) is 0 Å². The van der Waals surface area contributed by atoms with Gasteiger partial charge in [-0.05, 0) is 32.0 Å². The molecule has 1 amide bonds. The van der Waals surface area contributed by atoms with Gasteiger partial charge in [0.25, 0.3) is 5.91 Å². The number of alkyl halides is 5. The second-order valence-corrected chi connectivity index (χ2v) is 7.38. The Morgan fingerprint density at radius 3 is 2.60 bits per heavy atom. The normalized spacial score (nSPS) is 21.9. The predicted molar refractivity (Wildman–Crippen MR) is 89.9 cm³/mol. The van der Waals surface area contributed by atoms with Crippen LogP contribution in [-0.4, -0.2) is 44.5 Å². The van der Waals surface area contributed by atoms with Crippen molar-refractivity contribution in [2.24, 2.45) is 0 Å². The molecule has 1 N–H and O–H groups in total. The van der Waals surface area contributed by atoms with Crippen LogP contribution in [-0.2, 0) is 12.1 Å². The van der Waals surface area contributed by atoms with Gasteiger partial charge in [-0.1, -0.05) is 0 Å². The average molecular weight is 433 g/mol. The number of carbonyl (C=O) groups is 1. The first-order valence-electron chi connectivity index (χ1n) is 8.85. The predicted octanol–water partition coefficient (Wildman–Crippen LogP) is 3.19. The van der Waals surface area contributed by atoms with Crippen LogP contribution >= 0.6 is 0 Å². The molecule has 2 aliphatic heterocycles. The largest absolute Gasteiger partial charge is 0.586 e. The summed E-state index contributed by atoms with van der Waals surface area (Å²) in [7, 11) is 0. The molecular weight excluding hydrogens is 417 g/mol. The first-order chi connectivity index (χ1) is 13.8. The Morgan fingerprint density at radius 2 is 1.93 bits per heavy atom. The second kappa shape index (κ2) is 6.30. The van der Waals surface area contributed by atoms with Crippen LogP contribution in [0.4, 0.5) is 22.0 Å². The van der Waals surface area contributed by atoms with Crippen molar-refractivity contribution in [2.75, 3.05) is 6.54 Å². The number of carbonyl (C=O) groups excluding carboxylic acids is 1. The number of halogens is 5. The number of ether oxygens (including phenoxy) is 2. The molecule has 12 heteroatoms. The van der Waals surface area contributed by atoms with Gasteiger partial charge in [0.2, 0.25) is 5.60 Å². The van der Waals surface area contributed by atoms with Gasteiger partial charge in [0, 0.05) is 12.1 Å². The van der Waals surface area contributed by atoms with Crippen LogP contribution < -0.4 is 9.47 Å². The Balaban J connectivity index is 1.60. The topological polar surface area (TPSA) is 76.8 Å². The van der Waals surface area contributed by atoms with E-state index >= 15 is 0 Å². The number of benzene rings is 1. The van der Waals surface area contributed by atoms with E-state index in [0.29, 0.717) is 12.6 Å². The number of nitrogens with zero attached hydrogens (tertiary/aromatic N) is 3. The second-order valence-electron chi connectivity index (χ2n) is 7.38. The Bertz CT molecular complexity index is 1020. The third kappa shape index (κ3) is 3.15. The number of imidazole rings is 1. The SMILES string of the molecule is C[C@H]1CN(C(=O)c2ccc3c(c2)OC(F)(F)O3)Cc2cnc([C@@](C)(O)C(F)(F)F)n21. The Labute approximate surface area is 166 Å². The molecule has 2 aliphatic rings. The van der Waals surface area contributed by atoms with E-state index in [0.717, 1.165) is 6.07 Å². The zero-order chi connectivity index (χ0) is 22.1. The lowest BCUT2D eigenvalue weighted by molar-refractivity contribution is -0.286. The molecule has 2 atom stereocenters. The van der Waals surface area contributed by atoms with E-state index in [4.69, 9.17) is 0 Å². The van der Waals surface area contributed by atoms with Gasteiger partial charge in [-0.15, -0.1) is 8.78 Å². The van der Waals surface area contributed by atoms with Crippen molar-refractivity contribution in [3.05, 3.63) is 41.5 Å². The van der Waals surface area contributed by atoms with Crippen molar-refractivity contribution in [3.8, 4) is 11.5 Å². The van der Waals surface area contributed by atoms with Crippen LogP contribution in [0.5, 0.6) is 11.5 Å². The third-order valence-corrected chi connectivity index (χ3v) is 5.07. The number of fused-ring (bicyclic) bond motifs is 2. The molecule has 30 heavy (non-hydrogen) atoms. The summed E-state index contributed by atoms with van der Waals surface area (Å²) in [5, 5.41) is 9.99. The molecule has 2 aromatic rings. The summed E-state index contributed by atoms with van der Waals surface area (Å²) < 4.78 is 76.0. The number of aliphatic hydroxyl groups is 1. The monoisotopic (exact) mass is 433 g/mol. The van der Waals surface area contributed by atoms with Crippen LogP contribution in [0, 0.1) is 0 Å². The van der Waals surface area contributed by atoms with Gasteiger partial charge in [0.1, 0.15) is 0 Å². The summed E-state index contributed by atoms with van der Waals surface area (Å²) in [6, 6.07) is 2.97. The standard InChI is InChI=1S/C18H16F5N3O4/c1-9-7-25(8-11-6-24-15(26(9)11)16(2,28)17(19,20)21)14(27)10-3-4-12-13(5-10)30-18(22,23)29-12/h3-6,9,28H,7-8H2,1-2H3/t9-,16+/m0/s1. The van der Waals surface area contributed by atoms with Crippen molar-refractivity contribution in [3.63, 3.8) is 0 Å². The Morgan fingerprint density at radius 1 is 1.27 bits per heavy atom. The van der Waals surface area contributed by atoms with E-state index in [-0.39, 0.29) is 30.2 Å². The molecule has 0 saturated heterocycles. The summed E-state index contributed by atoms with van der Waals surface area (Å²) in [6.45, 7) is 2.15. The van der Waals surface area contributed by atoms with E-state index in [9.17, 15) is 31.9 Å². The van der Waals surface area contributed by atoms with Gasteiger partial charge in [-0.25, -0.2) is 4.98 Å². The van der Waals surface area contributed by atoms with Gasteiger partial charge in [-0.2, -0.15) is 13.2 Å². The summed E-state index contributed by atoms with van der Waals surface area (Å²) in [6.07, 6.45) is -7.58. The van der Waals surface area contributed by atoms with Gasteiger partial charge in [-0.3, -0.25) is 4.79 Å². The van der Waals surface area contributed by atoms with E-state index in [1.54, 1.807) is 6.92 Å². The molecule has 7 nitrogen and oxygen atoms in total. The zero-order valence-corrected chi connectivity index (χ0v) is 15.7. The fourth-order valence-corrected chi connectivity index (χ4v) is 3.57. The van der Waals surface area contributed by atoms with Crippen LogP contribution in [0.2, 0.25) is 0 Å². The van der Waals surface area contributed by atoms with Gasteiger partial charge < -0.3 is 24.0 Å². The third-order valence-electron chi connectivity index (χ3n) is 5.07. The molecule has 162 valence electrons. The molecule has 0 unspecified atom stereocenters. The molecule has 1 aromatic carbocycles. The van der Waals surface area contributed by atoms with Crippen molar-refractivity contribution in [1.29, 1.82) is 0 Å². The highest BCUT2D eigenvalue weighted by Crippen LogP contribution is 2.42. The summed E-state index contributed by atoms with van der Waals surface area (Å²) in [5.74, 6) is -1.58. The average Bonchev–Trinajstić information content (AvgIpc) is 3.19. The summed E-state index contributed by atoms with van der Waals surface area (Å²) in [5.41, 5.74) is -2.81. The molecule has 1 aromatic heterocycles. The molecular formula is C18H16F5N3O4. The smallest absolute Gasteiger partial charge is 0.395 e. The molecule has 0 aliphatic carbocycles. The van der Waals surface area contributed by atoms with Crippen LogP contribution in [0.15, 0.2) is 24.4 Å². The molecule has 0 spiro atoms. The molecule has 3 heterocycles. The minimum atomic E-state index is -4.93. The molecule has 0 bridgehead atoms. The lowest BCUT2D eigenvalue weighted by Crippen LogP contribution is -2.45. The first kappa shape index (κ1) is 20.4. The maximum absolute atomic E-state index is 13.2. The molecule has 0 saturated carbocycles. The zero-order valence-electron chi connectivity index (χ0n) is 15.7. The number of amides is 1. The van der Waals surface area contributed by atoms with E-state index in [2.05, 4.69) is 14.5 Å². The number of hydrogen-bond donors (Lipinski definition) is 1. The highest BCUT2D eigenvalue weighted by molar-refractivity contribution is 5.95. The maximum Gasteiger partial charge on any atom is 0.586 e. The first-order valence-corrected chi connectivity index (χ1v) is 8.85. The van der Waals surface area contributed by atoms with Crippen LogP contribution in [0.25, 0.3) is 0 Å². The fraction of sp³-hybridized carbons (Fsp3) is 0.444. The maximum atomic E-state index is 13.2. The van der Waals surface area contributed by atoms with Crippen LogP contribution in [0.3, 0.4) is 0 Å². The van der Waals surface area contributed by atoms with Crippen molar-refractivity contribution in [2.45, 2.75) is 44.5 Å². The van der Waals surface area contributed by atoms with Gasteiger partial charge >= 0.3 is 12.5 Å². The fourth-order valence-electron chi connectivity index (χ4n) is 3.57. The van der Waals surface area contributed by atoms with Gasteiger partial charge in [0.05, 0.1) is 24.5 Å². The van der Waals surface area contributed by atoms with Gasteiger partial charge in [0.15, 0.2) is 17.3 Å². The van der Waals surface area contributed by atoms with Crippen LogP contribution in [0.1, 0.15) is 41.8 Å². The van der Waals surface area contributed by atoms with Crippen molar-refractivity contribution < 1.29 is 41.3 Å². The minimum absolute atomic E-state index is 0.0216. The Hall–Kier alpha value is -2.89. The van der Waals surface area contributed by atoms with Crippen molar-refractivity contribution >= 4 is 5.91 Å². The molecule has 4 rings (SSSR count). The van der Waals surface area contributed by atoms with E-state index in [1.165, 1.54) is 27.8 Å². The highest BCUT2D eigenvalue weighted by Gasteiger charge is 2.55. The lowest BCUT2D eigenvalue weighted by Gasteiger charge is -2.36. The number of hydrogen-bond acceptors (Lipinski definition) is 5. The highest BCUT2D eigenvalue weighted by atomic mass is 19.4. The molecule has 0 fully saturated rings. The summed E-state index contributed by atoms with van der Waals surface area (Å²) in [4.78, 5) is 18.0. The minimum Gasteiger partial charge on any atom is -0.395 e. The lowest BCUT2D eigenvalue weighted by atomic mass is 10.0. The number of rotatable bonds is 2. The summed E-state index contributed by atoms with van der Waals surface area (Å²) >= 11 is 0. The molecule has 0 radical (unpaired) electrons. The van der Waals surface area contributed by atoms with E-state index < -0.39 is 35.8 Å². The van der Waals surface area contributed by atoms with Crippen molar-refractivity contribution in [1.82, 2.24) is 14.5 Å². The quantitative estimate of drug-likeness (QED) is 0.737. The Kier molecular flexibility index (Phi) is 4.28. The number of aromatic nitrogens is 2.